The van der Waals surface area contributed by atoms with E-state index in [9.17, 15) is 13.2 Å². The molecule has 0 spiro atoms. The van der Waals surface area contributed by atoms with Crippen molar-refractivity contribution in [3.8, 4) is 11.3 Å². The molecule has 0 amide bonds. The highest BCUT2D eigenvalue weighted by Crippen LogP contribution is 2.32. The predicted octanol–water partition coefficient (Wildman–Crippen LogP) is 2.57. The number of carbonyl (C=O) groups excluding carboxylic acids is 1. The molecular weight excluding hydrogens is 316 g/mol. The zero-order valence-electron chi connectivity index (χ0n) is 10.8. The summed E-state index contributed by atoms with van der Waals surface area (Å²) in [5.74, 6) is 0.0572. The van der Waals surface area contributed by atoms with Gasteiger partial charge in [-0.1, -0.05) is 11.6 Å². The molecule has 0 bridgehead atoms. The van der Waals surface area contributed by atoms with Crippen molar-refractivity contribution < 1.29 is 17.6 Å². The maximum absolute atomic E-state index is 12.1. The molecule has 0 saturated heterocycles. The fraction of sp³-hybridized carbons (Fsp3) is 0.0769. The van der Waals surface area contributed by atoms with Gasteiger partial charge in [0.05, 0.1) is 23.7 Å². The third-order valence-corrected chi connectivity index (χ3v) is 4.28. The predicted molar refractivity (Wildman–Crippen MR) is 78.1 cm³/mol. The van der Waals surface area contributed by atoms with Gasteiger partial charge in [-0.25, -0.2) is 17.4 Å². The standard InChI is InChI=1S/C13H9ClN2O4S/c1-21(18,19)16-10-5-13(14)15-6-8(10)4-11(16)9-2-3-20-12(9)7-17/h2-7H,1H3. The Morgan fingerprint density at radius 1 is 1.38 bits per heavy atom. The molecule has 0 aliphatic heterocycles. The number of aromatic nitrogens is 2. The first-order valence-electron chi connectivity index (χ1n) is 5.82. The van der Waals surface area contributed by atoms with Crippen LogP contribution in [0, 0.1) is 0 Å². The third kappa shape index (κ3) is 2.24. The highest BCUT2D eigenvalue weighted by atomic mass is 35.5. The summed E-state index contributed by atoms with van der Waals surface area (Å²) in [6.07, 6.45) is 4.41. The number of carbonyl (C=O) groups is 1. The Kier molecular flexibility index (Phi) is 3.11. The van der Waals surface area contributed by atoms with Gasteiger partial charge in [-0.15, -0.1) is 0 Å². The van der Waals surface area contributed by atoms with Gasteiger partial charge in [-0.05, 0) is 12.1 Å². The van der Waals surface area contributed by atoms with Gasteiger partial charge < -0.3 is 4.42 Å². The largest absolute Gasteiger partial charge is 0.461 e. The summed E-state index contributed by atoms with van der Waals surface area (Å²) in [4.78, 5) is 14.9. The van der Waals surface area contributed by atoms with Crippen LogP contribution in [-0.2, 0) is 10.0 Å². The molecule has 8 heteroatoms. The Labute approximate surface area is 125 Å². The molecule has 0 radical (unpaired) electrons. The summed E-state index contributed by atoms with van der Waals surface area (Å²) in [5.41, 5.74) is 1.11. The Balaban J connectivity index is 2.46. The van der Waals surface area contributed by atoms with E-state index in [0.717, 1.165) is 10.2 Å². The molecule has 0 fully saturated rings. The van der Waals surface area contributed by atoms with Crippen molar-refractivity contribution in [3.05, 3.63) is 41.6 Å². The summed E-state index contributed by atoms with van der Waals surface area (Å²) in [5, 5.41) is 0.776. The van der Waals surface area contributed by atoms with Crippen LogP contribution in [0.2, 0.25) is 5.15 Å². The van der Waals surface area contributed by atoms with Crippen LogP contribution in [0.1, 0.15) is 10.6 Å². The SMILES string of the molecule is CS(=O)(=O)n1c(-c2ccoc2C=O)cc2cnc(Cl)cc21. The lowest BCUT2D eigenvalue weighted by atomic mass is 10.2. The number of furan rings is 1. The molecule has 6 nitrogen and oxygen atoms in total. The first kappa shape index (κ1) is 13.8. The second kappa shape index (κ2) is 4.71. The van der Waals surface area contributed by atoms with Gasteiger partial charge in [0.25, 0.3) is 0 Å². The van der Waals surface area contributed by atoms with Crippen molar-refractivity contribution >= 4 is 38.8 Å². The molecular formula is C13H9ClN2O4S. The number of hydrogen-bond donors (Lipinski definition) is 0. The maximum Gasteiger partial charge on any atom is 0.236 e. The average Bonchev–Trinajstić information content (AvgIpc) is 2.99. The Bertz CT molecular complexity index is 956. The minimum absolute atomic E-state index is 0.0572. The molecule has 0 N–H and O–H groups in total. The summed E-state index contributed by atoms with van der Waals surface area (Å²) in [6, 6.07) is 4.62. The van der Waals surface area contributed by atoms with Crippen LogP contribution in [0.4, 0.5) is 0 Å². The van der Waals surface area contributed by atoms with E-state index in [-0.39, 0.29) is 10.9 Å². The first-order chi connectivity index (χ1) is 9.91. The molecule has 3 aromatic heterocycles. The van der Waals surface area contributed by atoms with Gasteiger partial charge >= 0.3 is 0 Å². The molecule has 0 saturated carbocycles. The van der Waals surface area contributed by atoms with Crippen LogP contribution >= 0.6 is 11.6 Å². The molecule has 3 heterocycles. The lowest BCUT2D eigenvalue weighted by Gasteiger charge is -2.07. The number of pyridine rings is 1. The van der Waals surface area contributed by atoms with Crippen LogP contribution in [-0.4, -0.2) is 29.9 Å². The van der Waals surface area contributed by atoms with Gasteiger partial charge in [0.15, 0.2) is 12.0 Å². The monoisotopic (exact) mass is 324 g/mol. The fourth-order valence-electron chi connectivity index (χ4n) is 2.22. The number of aldehydes is 1. The van der Waals surface area contributed by atoms with Gasteiger partial charge in [0.1, 0.15) is 5.15 Å². The normalized spacial score (nSPS) is 11.9. The number of rotatable bonds is 3. The number of nitrogens with zero attached hydrogens (tertiary/aromatic N) is 2. The minimum Gasteiger partial charge on any atom is -0.461 e. The Morgan fingerprint density at radius 3 is 2.81 bits per heavy atom. The Hall–Kier alpha value is -2.12. The summed E-state index contributed by atoms with van der Waals surface area (Å²) < 4.78 is 30.4. The summed E-state index contributed by atoms with van der Waals surface area (Å²) >= 11 is 5.84. The van der Waals surface area contributed by atoms with Crippen molar-refractivity contribution in [2.24, 2.45) is 0 Å². The number of hydrogen-bond acceptors (Lipinski definition) is 5. The van der Waals surface area contributed by atoms with E-state index in [1.165, 1.54) is 24.6 Å². The smallest absolute Gasteiger partial charge is 0.236 e. The average molecular weight is 325 g/mol. The molecule has 21 heavy (non-hydrogen) atoms. The molecule has 3 rings (SSSR count). The van der Waals surface area contributed by atoms with Gasteiger partial charge in [0.2, 0.25) is 10.0 Å². The van der Waals surface area contributed by atoms with Gasteiger partial charge in [-0.2, -0.15) is 0 Å². The van der Waals surface area contributed by atoms with Crippen LogP contribution in [0.25, 0.3) is 22.2 Å². The summed E-state index contributed by atoms with van der Waals surface area (Å²) in [6.45, 7) is 0. The van der Waals surface area contributed by atoms with E-state index in [1.807, 2.05) is 0 Å². The van der Waals surface area contributed by atoms with Crippen molar-refractivity contribution in [2.75, 3.05) is 6.26 Å². The molecule has 0 aliphatic carbocycles. The molecule has 0 atom stereocenters. The van der Waals surface area contributed by atoms with E-state index in [1.54, 1.807) is 6.07 Å². The summed E-state index contributed by atoms with van der Waals surface area (Å²) in [7, 11) is -3.61. The third-order valence-electron chi connectivity index (χ3n) is 3.02. The molecule has 3 aromatic rings. The second-order valence-corrected chi connectivity index (χ2v) is 6.66. The molecule has 0 aliphatic rings. The van der Waals surface area contributed by atoms with Crippen molar-refractivity contribution in [2.45, 2.75) is 0 Å². The van der Waals surface area contributed by atoms with E-state index in [2.05, 4.69) is 4.98 Å². The lowest BCUT2D eigenvalue weighted by molar-refractivity contribution is 0.110. The van der Waals surface area contributed by atoms with Crippen molar-refractivity contribution in [1.29, 1.82) is 0 Å². The van der Waals surface area contributed by atoms with E-state index in [0.29, 0.717) is 28.4 Å². The molecule has 0 aromatic carbocycles. The van der Waals surface area contributed by atoms with E-state index >= 15 is 0 Å². The highest BCUT2D eigenvalue weighted by Gasteiger charge is 2.21. The number of halogens is 1. The van der Waals surface area contributed by atoms with Crippen LogP contribution in [0.5, 0.6) is 0 Å². The van der Waals surface area contributed by atoms with E-state index in [4.69, 9.17) is 16.0 Å². The van der Waals surface area contributed by atoms with Crippen molar-refractivity contribution in [1.82, 2.24) is 8.96 Å². The van der Waals surface area contributed by atoms with Gasteiger partial charge in [0, 0.05) is 23.2 Å². The maximum atomic E-state index is 12.1. The van der Waals surface area contributed by atoms with Crippen molar-refractivity contribution in [3.63, 3.8) is 0 Å². The Morgan fingerprint density at radius 2 is 2.14 bits per heavy atom. The number of fused-ring (bicyclic) bond motifs is 1. The fourth-order valence-corrected chi connectivity index (χ4v) is 3.40. The van der Waals surface area contributed by atoms with E-state index < -0.39 is 10.0 Å². The van der Waals surface area contributed by atoms with Crippen LogP contribution in [0.15, 0.2) is 35.1 Å². The van der Waals surface area contributed by atoms with Gasteiger partial charge in [-0.3, -0.25) is 4.79 Å². The minimum atomic E-state index is -3.61. The van der Waals surface area contributed by atoms with Crippen LogP contribution in [0.3, 0.4) is 0 Å². The first-order valence-corrected chi connectivity index (χ1v) is 8.05. The lowest BCUT2D eigenvalue weighted by Crippen LogP contribution is -2.11. The molecule has 108 valence electrons. The zero-order chi connectivity index (χ0) is 15.2. The molecule has 0 unspecified atom stereocenters. The van der Waals surface area contributed by atoms with Crippen LogP contribution < -0.4 is 0 Å². The topological polar surface area (TPSA) is 82.2 Å². The zero-order valence-corrected chi connectivity index (χ0v) is 12.4. The quantitative estimate of drug-likeness (QED) is 0.546. The second-order valence-electron chi connectivity index (χ2n) is 4.44. The highest BCUT2D eigenvalue weighted by molar-refractivity contribution is 7.89.